The van der Waals surface area contributed by atoms with E-state index in [-0.39, 0.29) is 11.8 Å². The van der Waals surface area contributed by atoms with Crippen molar-refractivity contribution in [3.05, 3.63) is 45.6 Å². The van der Waals surface area contributed by atoms with Crippen LogP contribution in [-0.4, -0.2) is 25.4 Å². The van der Waals surface area contributed by atoms with Gasteiger partial charge in [-0.25, -0.2) is 0 Å². The molecule has 1 aromatic heterocycles. The molecule has 4 rings (SSSR count). The second-order valence-corrected chi connectivity index (χ2v) is 7.20. The Labute approximate surface area is 139 Å². The predicted octanol–water partition coefficient (Wildman–Crippen LogP) is 3.25. The maximum atomic E-state index is 13.0. The first kappa shape index (κ1) is 14.5. The van der Waals surface area contributed by atoms with E-state index in [4.69, 9.17) is 0 Å². The van der Waals surface area contributed by atoms with E-state index in [0.29, 0.717) is 13.0 Å². The van der Waals surface area contributed by atoms with Gasteiger partial charge in [0.1, 0.15) is 0 Å². The van der Waals surface area contributed by atoms with E-state index in [1.165, 1.54) is 16.9 Å². The molecule has 4 nitrogen and oxygen atoms in total. The number of fused-ring (bicyclic) bond motifs is 2. The normalized spacial score (nSPS) is 17.0. The minimum atomic E-state index is 0.0138. The molecule has 0 N–H and O–H groups in total. The lowest BCUT2D eigenvalue weighted by atomic mass is 10.2. The molecule has 23 heavy (non-hydrogen) atoms. The summed E-state index contributed by atoms with van der Waals surface area (Å²) >= 11 is 1.62. The monoisotopic (exact) mass is 326 g/mol. The van der Waals surface area contributed by atoms with Crippen LogP contribution in [0.5, 0.6) is 0 Å². The first-order valence-corrected chi connectivity index (χ1v) is 8.76. The van der Waals surface area contributed by atoms with Crippen molar-refractivity contribution in [2.75, 3.05) is 23.4 Å². The van der Waals surface area contributed by atoms with E-state index in [1.54, 1.807) is 28.2 Å². The van der Waals surface area contributed by atoms with Crippen molar-refractivity contribution < 1.29 is 9.59 Å². The van der Waals surface area contributed by atoms with E-state index in [0.717, 1.165) is 29.1 Å². The summed E-state index contributed by atoms with van der Waals surface area (Å²) in [5, 5.41) is 0. The van der Waals surface area contributed by atoms with Gasteiger partial charge in [0, 0.05) is 24.9 Å². The zero-order valence-electron chi connectivity index (χ0n) is 13.0. The Balaban J connectivity index is 1.74. The lowest BCUT2D eigenvalue weighted by molar-refractivity contribution is -0.118. The number of amides is 2. The average Bonchev–Trinajstić information content (AvgIpc) is 3.13. The number of carbonyl (C=O) groups is 2. The fourth-order valence-electron chi connectivity index (χ4n) is 3.38. The Morgan fingerprint density at radius 3 is 2.70 bits per heavy atom. The lowest BCUT2D eigenvalue weighted by Gasteiger charge is -2.23. The molecule has 118 valence electrons. The third-order valence-corrected chi connectivity index (χ3v) is 5.88. The van der Waals surface area contributed by atoms with Crippen molar-refractivity contribution in [1.29, 1.82) is 0 Å². The van der Waals surface area contributed by atoms with Crippen molar-refractivity contribution in [2.45, 2.75) is 25.7 Å². The highest BCUT2D eigenvalue weighted by Crippen LogP contribution is 2.35. The molecule has 0 bridgehead atoms. The largest absolute Gasteiger partial charge is 0.313 e. The van der Waals surface area contributed by atoms with Crippen molar-refractivity contribution in [3.8, 4) is 0 Å². The Hall–Kier alpha value is -2.14. The molecule has 0 unspecified atom stereocenters. The molecule has 1 aliphatic heterocycles. The van der Waals surface area contributed by atoms with Gasteiger partial charge in [0.2, 0.25) is 5.91 Å². The maximum Gasteiger partial charge on any atom is 0.268 e. The standard InChI is InChI=1S/C18H18N2O2S/c1-19-13-6-2-3-7-14(13)20(10-9-17(19)21)18(22)16-11-12-5-4-8-15(12)23-16/h2-3,6-7,11H,4-5,8-10H2,1H3. The summed E-state index contributed by atoms with van der Waals surface area (Å²) in [6.45, 7) is 0.432. The van der Waals surface area contributed by atoms with Crippen molar-refractivity contribution in [1.82, 2.24) is 0 Å². The van der Waals surface area contributed by atoms with Crippen LogP contribution < -0.4 is 9.80 Å². The summed E-state index contributed by atoms with van der Waals surface area (Å²) in [6.07, 6.45) is 3.71. The number of nitrogens with zero attached hydrogens (tertiary/aromatic N) is 2. The van der Waals surface area contributed by atoms with Gasteiger partial charge in [-0.1, -0.05) is 12.1 Å². The van der Waals surface area contributed by atoms with Crippen LogP contribution in [0.25, 0.3) is 0 Å². The zero-order valence-corrected chi connectivity index (χ0v) is 13.9. The van der Waals surface area contributed by atoms with Gasteiger partial charge >= 0.3 is 0 Å². The molecule has 0 fully saturated rings. The second kappa shape index (κ2) is 5.49. The number of para-hydroxylation sites is 2. The maximum absolute atomic E-state index is 13.0. The van der Waals surface area contributed by atoms with E-state index in [2.05, 4.69) is 0 Å². The quantitative estimate of drug-likeness (QED) is 0.807. The SMILES string of the molecule is CN1C(=O)CCN(C(=O)c2cc3c(s2)CCC3)c2ccccc21. The topological polar surface area (TPSA) is 40.6 Å². The molecule has 0 saturated heterocycles. The number of thiophene rings is 1. The molecule has 5 heteroatoms. The Morgan fingerprint density at radius 1 is 1.13 bits per heavy atom. The highest BCUT2D eigenvalue weighted by atomic mass is 32.1. The van der Waals surface area contributed by atoms with Gasteiger partial charge in [-0.05, 0) is 43.0 Å². The number of hydrogen-bond acceptors (Lipinski definition) is 3. The van der Waals surface area contributed by atoms with Crippen LogP contribution in [0, 0.1) is 0 Å². The molecule has 2 amide bonds. The Kier molecular flexibility index (Phi) is 3.45. The van der Waals surface area contributed by atoms with Crippen LogP contribution in [0.1, 0.15) is 33.0 Å². The highest BCUT2D eigenvalue weighted by Gasteiger charge is 2.29. The van der Waals surface area contributed by atoms with Gasteiger partial charge in [0.05, 0.1) is 16.3 Å². The molecule has 0 spiro atoms. The van der Waals surface area contributed by atoms with Crippen molar-refractivity contribution in [2.24, 2.45) is 0 Å². The summed E-state index contributed by atoms with van der Waals surface area (Å²) < 4.78 is 0. The molecule has 0 saturated carbocycles. The van der Waals surface area contributed by atoms with Gasteiger partial charge in [-0.3, -0.25) is 9.59 Å². The number of benzene rings is 1. The molecular weight excluding hydrogens is 308 g/mol. The molecule has 1 aliphatic carbocycles. The molecule has 2 heterocycles. The van der Waals surface area contributed by atoms with Gasteiger partial charge in [0.25, 0.3) is 5.91 Å². The Morgan fingerprint density at radius 2 is 1.91 bits per heavy atom. The van der Waals surface area contributed by atoms with E-state index >= 15 is 0 Å². The minimum absolute atomic E-state index is 0.0138. The number of rotatable bonds is 1. The summed E-state index contributed by atoms with van der Waals surface area (Å²) in [5.74, 6) is 0.0568. The molecular formula is C18H18N2O2S. The number of aryl methyl sites for hydroxylation is 2. The fraction of sp³-hybridized carbons (Fsp3) is 0.333. The van der Waals surface area contributed by atoms with Crippen LogP contribution in [0.4, 0.5) is 11.4 Å². The lowest BCUT2D eigenvalue weighted by Crippen LogP contribution is -2.31. The molecule has 2 aromatic rings. The van der Waals surface area contributed by atoms with Gasteiger partial charge < -0.3 is 9.80 Å². The van der Waals surface area contributed by atoms with Crippen LogP contribution in [0.15, 0.2) is 30.3 Å². The molecule has 1 aromatic carbocycles. The third-order valence-electron chi connectivity index (χ3n) is 4.66. The van der Waals surface area contributed by atoms with Crippen molar-refractivity contribution >= 4 is 34.5 Å². The molecule has 0 atom stereocenters. The van der Waals surface area contributed by atoms with E-state index in [9.17, 15) is 9.59 Å². The van der Waals surface area contributed by atoms with Gasteiger partial charge in [0.15, 0.2) is 0 Å². The third kappa shape index (κ3) is 2.36. The van der Waals surface area contributed by atoms with Crippen molar-refractivity contribution in [3.63, 3.8) is 0 Å². The summed E-state index contributed by atoms with van der Waals surface area (Å²) in [5.41, 5.74) is 2.95. The van der Waals surface area contributed by atoms with E-state index < -0.39 is 0 Å². The van der Waals surface area contributed by atoms with Crippen LogP contribution in [0.3, 0.4) is 0 Å². The average molecular weight is 326 g/mol. The van der Waals surface area contributed by atoms with Gasteiger partial charge in [-0.2, -0.15) is 0 Å². The number of hydrogen-bond donors (Lipinski definition) is 0. The van der Waals surface area contributed by atoms with Crippen LogP contribution in [-0.2, 0) is 17.6 Å². The summed E-state index contributed by atoms with van der Waals surface area (Å²) in [6, 6.07) is 9.68. The predicted molar refractivity (Wildman–Crippen MR) is 92.5 cm³/mol. The number of carbonyl (C=O) groups excluding carboxylic acids is 2. The summed E-state index contributed by atoms with van der Waals surface area (Å²) in [7, 11) is 1.77. The molecule has 2 aliphatic rings. The molecule has 0 radical (unpaired) electrons. The van der Waals surface area contributed by atoms with Crippen LogP contribution in [0.2, 0.25) is 0 Å². The zero-order chi connectivity index (χ0) is 16.0. The highest BCUT2D eigenvalue weighted by molar-refractivity contribution is 7.14. The first-order valence-electron chi connectivity index (χ1n) is 7.94. The minimum Gasteiger partial charge on any atom is -0.313 e. The van der Waals surface area contributed by atoms with Gasteiger partial charge in [-0.15, -0.1) is 11.3 Å². The second-order valence-electron chi connectivity index (χ2n) is 6.06. The first-order chi connectivity index (χ1) is 11.1. The van der Waals surface area contributed by atoms with Crippen LogP contribution >= 0.6 is 11.3 Å². The smallest absolute Gasteiger partial charge is 0.268 e. The fourth-order valence-corrected chi connectivity index (χ4v) is 4.59. The Bertz CT molecular complexity index is 775. The van der Waals surface area contributed by atoms with E-state index in [1.807, 2.05) is 30.3 Å². The number of anilines is 2. The summed E-state index contributed by atoms with van der Waals surface area (Å²) in [4.78, 5) is 30.8.